The van der Waals surface area contributed by atoms with E-state index in [9.17, 15) is 24.0 Å². The highest BCUT2D eigenvalue weighted by Gasteiger charge is 2.49. The lowest BCUT2D eigenvalue weighted by Gasteiger charge is -2.32. The average molecular weight is 834 g/mol. The normalized spacial score (nSPS) is 18.4. The van der Waals surface area contributed by atoms with Crippen molar-refractivity contribution in [3.05, 3.63) is 48.2 Å². The number of ether oxygens (including phenoxy) is 3. The van der Waals surface area contributed by atoms with E-state index in [-0.39, 0.29) is 73.3 Å². The third kappa shape index (κ3) is 9.13. The van der Waals surface area contributed by atoms with Gasteiger partial charge in [-0.3, -0.25) is 29.4 Å². The van der Waals surface area contributed by atoms with Crippen molar-refractivity contribution in [1.82, 2.24) is 25.5 Å². The molecule has 320 valence electrons. The monoisotopic (exact) mass is 833 g/mol. The Morgan fingerprint density at radius 3 is 2.42 bits per heavy atom. The highest BCUT2D eigenvalue weighted by Crippen LogP contribution is 2.40. The van der Waals surface area contributed by atoms with Crippen LogP contribution in [0.1, 0.15) is 68.1 Å². The molecule has 0 radical (unpaired) electrons. The Hall–Kier alpha value is -6.27. The van der Waals surface area contributed by atoms with Gasteiger partial charge in [0.1, 0.15) is 22.9 Å². The molecule has 0 unspecified atom stereocenters. The van der Waals surface area contributed by atoms with E-state index >= 15 is 8.78 Å². The third-order valence-corrected chi connectivity index (χ3v) is 11.3. The molecule has 60 heavy (non-hydrogen) atoms. The van der Waals surface area contributed by atoms with Crippen LogP contribution in [0.5, 0.6) is 17.2 Å². The number of carbonyl (C=O) groups is 5. The SMILES string of the molecule is COc1cc(C(=O)NC2CCN(C(=O)CCCOc3ccc(OC)c(N4CCC(=O)NC4=O)c3)CC2)ccc1Nc1ncc2c(n1)N(C1CCCC1)CC(F)(F)C(=O)N2C. The average Bonchev–Trinajstić information content (AvgIpc) is 3.77. The number of nitrogens with zero attached hydrogens (tertiary/aromatic N) is 6. The number of amides is 6. The molecule has 3 N–H and O–H groups in total. The molecule has 3 fully saturated rings. The van der Waals surface area contributed by atoms with Crippen molar-refractivity contribution < 1.29 is 47.0 Å². The van der Waals surface area contributed by atoms with E-state index in [2.05, 4.69) is 25.9 Å². The predicted molar refractivity (Wildman–Crippen MR) is 217 cm³/mol. The minimum atomic E-state index is -3.59. The van der Waals surface area contributed by atoms with Gasteiger partial charge >= 0.3 is 12.0 Å². The Bertz CT molecular complexity index is 2130. The van der Waals surface area contributed by atoms with Crippen molar-refractivity contribution >= 4 is 58.5 Å². The standard InChI is InChI=1S/C41H49F2N9O8/c1-49-31-23-44-39(48-36(31)52(27-7-4-5-8-27)24-41(42,43)38(49)56)46-29-12-10-25(21-33(29)59-3)37(55)45-26-14-17-50(18-15-26)35(54)9-6-20-60-28-11-13-32(58-2)30(22-28)51-19-16-34(53)47-40(51)57/h10-13,21-23,26-27H,4-9,14-20,24H2,1-3H3,(H,45,55)(H,44,46,48)(H,47,53,57). The number of carbonyl (C=O) groups excluding carboxylic acids is 5. The van der Waals surface area contributed by atoms with Crippen LogP contribution in [0.2, 0.25) is 0 Å². The Morgan fingerprint density at radius 2 is 1.70 bits per heavy atom. The molecular weight excluding hydrogens is 785 g/mol. The molecule has 3 aromatic rings. The second-order valence-corrected chi connectivity index (χ2v) is 15.2. The van der Waals surface area contributed by atoms with Crippen molar-refractivity contribution in [3.63, 3.8) is 0 Å². The number of aromatic nitrogens is 2. The largest absolute Gasteiger partial charge is 0.495 e. The molecule has 7 rings (SSSR count). The van der Waals surface area contributed by atoms with Crippen LogP contribution in [0.4, 0.5) is 42.4 Å². The van der Waals surface area contributed by atoms with Gasteiger partial charge in [0.15, 0.2) is 5.82 Å². The molecule has 1 aromatic heterocycles. The molecule has 0 spiro atoms. The molecule has 4 heterocycles. The van der Waals surface area contributed by atoms with Gasteiger partial charge in [0.25, 0.3) is 11.8 Å². The molecule has 0 atom stereocenters. The summed E-state index contributed by atoms with van der Waals surface area (Å²) in [5.41, 5.74) is 1.47. The third-order valence-electron chi connectivity index (χ3n) is 11.3. The van der Waals surface area contributed by atoms with Gasteiger partial charge in [-0.2, -0.15) is 13.8 Å². The number of hydrogen-bond acceptors (Lipinski definition) is 12. The highest BCUT2D eigenvalue weighted by molar-refractivity contribution is 6.06. The van der Waals surface area contributed by atoms with Crippen LogP contribution in [0.3, 0.4) is 0 Å². The van der Waals surface area contributed by atoms with Crippen molar-refractivity contribution in [2.24, 2.45) is 0 Å². The maximum Gasteiger partial charge on any atom is 0.342 e. The summed E-state index contributed by atoms with van der Waals surface area (Å²) in [6.07, 6.45) is 6.68. The van der Waals surface area contributed by atoms with Gasteiger partial charge < -0.3 is 39.5 Å². The molecule has 6 amide bonds. The maximum absolute atomic E-state index is 15.0. The van der Waals surface area contributed by atoms with Crippen molar-refractivity contribution in [3.8, 4) is 17.2 Å². The second kappa shape index (κ2) is 17.9. The van der Waals surface area contributed by atoms with Crippen LogP contribution in [0, 0.1) is 0 Å². The first kappa shape index (κ1) is 41.9. The number of piperidine rings is 1. The fourth-order valence-corrected chi connectivity index (χ4v) is 8.04. The van der Waals surface area contributed by atoms with Gasteiger partial charge in [-0.1, -0.05) is 12.8 Å². The zero-order chi connectivity index (χ0) is 42.6. The maximum atomic E-state index is 15.0. The number of nitrogens with one attached hydrogen (secondary N) is 3. The van der Waals surface area contributed by atoms with E-state index in [0.717, 1.165) is 30.6 Å². The van der Waals surface area contributed by atoms with Gasteiger partial charge in [0, 0.05) is 63.2 Å². The summed E-state index contributed by atoms with van der Waals surface area (Å²) >= 11 is 0. The molecule has 4 aliphatic rings. The van der Waals surface area contributed by atoms with Gasteiger partial charge in [-0.05, 0) is 62.4 Å². The number of urea groups is 1. The molecule has 0 bridgehead atoms. The molecular formula is C41H49F2N9O8. The first-order valence-corrected chi connectivity index (χ1v) is 20.1. The fourth-order valence-electron chi connectivity index (χ4n) is 8.04. The van der Waals surface area contributed by atoms with E-state index in [4.69, 9.17) is 14.2 Å². The van der Waals surface area contributed by atoms with Crippen LogP contribution in [0.25, 0.3) is 0 Å². The zero-order valence-electron chi connectivity index (χ0n) is 33.8. The van der Waals surface area contributed by atoms with Crippen LogP contribution in [0.15, 0.2) is 42.6 Å². The van der Waals surface area contributed by atoms with E-state index < -0.39 is 24.4 Å². The second-order valence-electron chi connectivity index (χ2n) is 15.2. The Labute approximate surface area is 345 Å². The predicted octanol–water partition coefficient (Wildman–Crippen LogP) is 4.62. The summed E-state index contributed by atoms with van der Waals surface area (Å²) in [6.45, 7) is 0.687. The molecule has 17 nitrogen and oxygen atoms in total. The van der Waals surface area contributed by atoms with E-state index in [0.29, 0.717) is 66.5 Å². The first-order valence-electron chi connectivity index (χ1n) is 20.1. The summed E-state index contributed by atoms with van der Waals surface area (Å²) in [6, 6.07) is 9.07. The Balaban J connectivity index is 0.896. The number of rotatable bonds is 13. The Morgan fingerprint density at radius 1 is 0.950 bits per heavy atom. The molecule has 2 saturated heterocycles. The highest BCUT2D eigenvalue weighted by atomic mass is 19.3. The van der Waals surface area contributed by atoms with Crippen molar-refractivity contribution in [2.45, 2.75) is 75.8 Å². The number of alkyl halides is 2. The van der Waals surface area contributed by atoms with Gasteiger partial charge in [-0.25, -0.2) is 9.78 Å². The topological polar surface area (TPSA) is 188 Å². The van der Waals surface area contributed by atoms with Gasteiger partial charge in [0.05, 0.1) is 44.9 Å². The first-order chi connectivity index (χ1) is 28.8. The van der Waals surface area contributed by atoms with Crippen molar-refractivity contribution in [2.75, 3.05) is 74.1 Å². The van der Waals surface area contributed by atoms with Crippen LogP contribution in [-0.4, -0.2) is 117 Å². The smallest absolute Gasteiger partial charge is 0.342 e. The van der Waals surface area contributed by atoms with E-state index in [1.165, 1.54) is 37.3 Å². The molecule has 2 aromatic carbocycles. The zero-order valence-corrected chi connectivity index (χ0v) is 33.8. The van der Waals surface area contributed by atoms with E-state index in [1.54, 1.807) is 41.3 Å². The lowest BCUT2D eigenvalue weighted by Crippen LogP contribution is -2.49. The lowest BCUT2D eigenvalue weighted by atomic mass is 10.0. The molecule has 1 aliphatic carbocycles. The summed E-state index contributed by atoms with van der Waals surface area (Å²) in [5, 5.41) is 8.45. The minimum Gasteiger partial charge on any atom is -0.495 e. The molecule has 19 heteroatoms. The number of halogens is 2. The summed E-state index contributed by atoms with van der Waals surface area (Å²) in [7, 11) is 4.25. The number of fused-ring (bicyclic) bond motifs is 1. The van der Waals surface area contributed by atoms with E-state index in [1.807, 2.05) is 0 Å². The number of imide groups is 1. The molecule has 1 saturated carbocycles. The fraction of sp³-hybridized carbons (Fsp3) is 0.488. The van der Waals surface area contributed by atoms with Gasteiger partial charge in [-0.15, -0.1) is 0 Å². The lowest BCUT2D eigenvalue weighted by molar-refractivity contribution is -0.140. The number of anilines is 5. The summed E-state index contributed by atoms with van der Waals surface area (Å²) in [5.74, 6) is -3.90. The van der Waals surface area contributed by atoms with Crippen LogP contribution < -0.4 is 44.9 Å². The van der Waals surface area contributed by atoms with Crippen LogP contribution in [-0.2, 0) is 14.4 Å². The number of likely N-dealkylation sites (tertiary alicyclic amines) is 1. The summed E-state index contributed by atoms with van der Waals surface area (Å²) in [4.78, 5) is 77.6. The van der Waals surface area contributed by atoms with Crippen LogP contribution >= 0.6 is 0 Å². The number of benzene rings is 2. The minimum absolute atomic E-state index is 0.00979. The Kier molecular flexibility index (Phi) is 12.5. The number of hydrogen-bond donors (Lipinski definition) is 3. The number of methoxy groups -OCH3 is 2. The quantitative estimate of drug-likeness (QED) is 0.203. The summed E-state index contributed by atoms with van der Waals surface area (Å²) < 4.78 is 46.9. The van der Waals surface area contributed by atoms with Gasteiger partial charge in [0.2, 0.25) is 17.8 Å². The molecule has 3 aliphatic heterocycles. The van der Waals surface area contributed by atoms with Crippen molar-refractivity contribution in [1.29, 1.82) is 0 Å².